The van der Waals surface area contributed by atoms with E-state index in [9.17, 15) is 5.26 Å². The molecule has 2 heterocycles. The van der Waals surface area contributed by atoms with Crippen LogP contribution in [0.5, 0.6) is 0 Å². The third kappa shape index (κ3) is 3.26. The van der Waals surface area contributed by atoms with Gasteiger partial charge in [0, 0.05) is 25.8 Å². The van der Waals surface area contributed by atoms with Gasteiger partial charge in [0.05, 0.1) is 6.07 Å². The molecule has 1 aromatic rings. The van der Waals surface area contributed by atoms with Crippen molar-refractivity contribution in [3.63, 3.8) is 0 Å². The van der Waals surface area contributed by atoms with Crippen molar-refractivity contribution in [3.05, 3.63) is 29.6 Å². The van der Waals surface area contributed by atoms with Gasteiger partial charge in [-0.2, -0.15) is 10.5 Å². The number of aromatic nitrogens is 1. The van der Waals surface area contributed by atoms with Crippen LogP contribution in [0, 0.1) is 22.7 Å². The topological polar surface area (TPSA) is 63.7 Å². The van der Waals surface area contributed by atoms with Crippen molar-refractivity contribution in [2.45, 2.75) is 24.1 Å². The lowest BCUT2D eigenvalue weighted by Crippen LogP contribution is -2.41. The summed E-state index contributed by atoms with van der Waals surface area (Å²) in [7, 11) is 0. The number of hydrogen-bond acceptors (Lipinski definition) is 5. The standard InChI is InChI=1S/C14H16N4S/c1-19-14(11-16)3-6-18(7-4-14)10-12-2-5-17-13(8-12)9-15/h2,5,8H,3-4,6-7,10H2,1H3. The van der Waals surface area contributed by atoms with Gasteiger partial charge in [0.2, 0.25) is 0 Å². The molecule has 1 aliphatic heterocycles. The van der Waals surface area contributed by atoms with Crippen LogP contribution in [0.3, 0.4) is 0 Å². The van der Waals surface area contributed by atoms with Gasteiger partial charge in [-0.15, -0.1) is 11.8 Å². The average molecular weight is 272 g/mol. The number of pyridine rings is 1. The lowest BCUT2D eigenvalue weighted by atomic mass is 9.97. The number of likely N-dealkylation sites (tertiary alicyclic amines) is 1. The van der Waals surface area contributed by atoms with Crippen LogP contribution in [0.4, 0.5) is 0 Å². The van der Waals surface area contributed by atoms with E-state index in [0.29, 0.717) is 5.69 Å². The van der Waals surface area contributed by atoms with Gasteiger partial charge in [0.1, 0.15) is 16.5 Å². The summed E-state index contributed by atoms with van der Waals surface area (Å²) >= 11 is 1.67. The fourth-order valence-electron chi connectivity index (χ4n) is 2.33. The quantitative estimate of drug-likeness (QED) is 0.844. The van der Waals surface area contributed by atoms with Gasteiger partial charge in [-0.05, 0) is 36.8 Å². The minimum absolute atomic E-state index is 0.202. The number of nitrogens with zero attached hydrogens (tertiary/aromatic N) is 4. The summed E-state index contributed by atoms with van der Waals surface area (Å²) in [6, 6.07) is 8.29. The third-order valence-electron chi connectivity index (χ3n) is 3.60. The predicted molar refractivity (Wildman–Crippen MR) is 75.3 cm³/mol. The highest BCUT2D eigenvalue weighted by Gasteiger charge is 2.33. The second-order valence-corrected chi connectivity index (χ2v) is 5.94. The lowest BCUT2D eigenvalue weighted by molar-refractivity contribution is 0.209. The van der Waals surface area contributed by atoms with Gasteiger partial charge >= 0.3 is 0 Å². The fraction of sp³-hybridized carbons (Fsp3) is 0.500. The zero-order chi connectivity index (χ0) is 13.7. The van der Waals surface area contributed by atoms with Gasteiger partial charge in [-0.1, -0.05) is 0 Å². The van der Waals surface area contributed by atoms with Crippen LogP contribution in [0.2, 0.25) is 0 Å². The molecule has 0 aromatic carbocycles. The zero-order valence-corrected chi connectivity index (χ0v) is 11.8. The average Bonchev–Trinajstić information content (AvgIpc) is 2.48. The molecular weight excluding hydrogens is 256 g/mol. The van der Waals surface area contributed by atoms with Crippen LogP contribution in [-0.2, 0) is 6.54 Å². The van der Waals surface area contributed by atoms with Gasteiger partial charge < -0.3 is 0 Å². The van der Waals surface area contributed by atoms with Crippen molar-refractivity contribution >= 4 is 11.8 Å². The molecule has 0 bridgehead atoms. The molecule has 0 N–H and O–H groups in total. The first-order chi connectivity index (χ1) is 9.21. The molecule has 98 valence electrons. The molecule has 5 heteroatoms. The Kier molecular flexibility index (Phi) is 4.42. The van der Waals surface area contributed by atoms with E-state index >= 15 is 0 Å². The van der Waals surface area contributed by atoms with Crippen molar-refractivity contribution < 1.29 is 0 Å². The van der Waals surface area contributed by atoms with E-state index in [1.165, 1.54) is 0 Å². The molecule has 0 saturated carbocycles. The normalized spacial score (nSPS) is 18.5. The Hall–Kier alpha value is -1.56. The molecule has 1 aromatic heterocycles. The molecule has 0 amide bonds. The Morgan fingerprint density at radius 3 is 2.74 bits per heavy atom. The molecule has 0 unspecified atom stereocenters. The van der Waals surface area contributed by atoms with Crippen molar-refractivity contribution in [2.75, 3.05) is 19.3 Å². The van der Waals surface area contributed by atoms with Crippen LogP contribution in [0.15, 0.2) is 18.3 Å². The molecule has 2 rings (SSSR count). The fourth-order valence-corrected chi connectivity index (χ4v) is 3.01. The summed E-state index contributed by atoms with van der Waals surface area (Å²) in [4.78, 5) is 6.31. The van der Waals surface area contributed by atoms with E-state index in [1.807, 2.05) is 18.4 Å². The largest absolute Gasteiger partial charge is 0.299 e. The van der Waals surface area contributed by atoms with Gasteiger partial charge in [0.25, 0.3) is 0 Å². The summed E-state index contributed by atoms with van der Waals surface area (Å²) in [6.07, 6.45) is 5.50. The highest BCUT2D eigenvalue weighted by Crippen LogP contribution is 2.34. The van der Waals surface area contributed by atoms with Crippen molar-refractivity contribution in [2.24, 2.45) is 0 Å². The molecule has 0 spiro atoms. The molecule has 0 atom stereocenters. The maximum Gasteiger partial charge on any atom is 0.140 e. The molecule has 0 aliphatic carbocycles. The molecular formula is C14H16N4S. The zero-order valence-electron chi connectivity index (χ0n) is 11.0. The van der Waals surface area contributed by atoms with Crippen LogP contribution >= 0.6 is 11.8 Å². The van der Waals surface area contributed by atoms with Crippen molar-refractivity contribution in [1.29, 1.82) is 10.5 Å². The highest BCUT2D eigenvalue weighted by molar-refractivity contribution is 8.00. The smallest absolute Gasteiger partial charge is 0.140 e. The number of thioether (sulfide) groups is 1. The van der Waals surface area contributed by atoms with Crippen LogP contribution in [0.1, 0.15) is 24.1 Å². The Balaban J connectivity index is 1.96. The van der Waals surface area contributed by atoms with E-state index in [-0.39, 0.29) is 4.75 Å². The minimum atomic E-state index is -0.202. The number of nitriles is 2. The molecule has 1 fully saturated rings. The first kappa shape index (κ1) is 13.9. The summed E-state index contributed by atoms with van der Waals surface area (Å²) < 4.78 is -0.202. The van der Waals surface area contributed by atoms with Gasteiger partial charge in [0.15, 0.2) is 0 Å². The van der Waals surface area contributed by atoms with Crippen LogP contribution in [-0.4, -0.2) is 34.0 Å². The second kappa shape index (κ2) is 6.06. The number of rotatable bonds is 3. The van der Waals surface area contributed by atoms with Crippen LogP contribution in [0.25, 0.3) is 0 Å². The number of piperidine rings is 1. The number of hydrogen-bond donors (Lipinski definition) is 0. The van der Waals surface area contributed by atoms with Gasteiger partial charge in [-0.3, -0.25) is 4.90 Å². The SMILES string of the molecule is CSC1(C#N)CCN(Cc2ccnc(C#N)c2)CC1. The molecule has 1 saturated heterocycles. The van der Waals surface area contributed by atoms with Crippen molar-refractivity contribution in [3.8, 4) is 12.1 Å². The predicted octanol–water partition coefficient (Wildman–Crippen LogP) is 2.17. The maximum atomic E-state index is 9.25. The first-order valence-electron chi connectivity index (χ1n) is 6.25. The third-order valence-corrected chi connectivity index (χ3v) is 4.88. The highest BCUT2D eigenvalue weighted by atomic mass is 32.2. The van der Waals surface area contributed by atoms with E-state index in [2.05, 4.69) is 22.0 Å². The van der Waals surface area contributed by atoms with Crippen LogP contribution < -0.4 is 0 Å². The van der Waals surface area contributed by atoms with E-state index in [4.69, 9.17) is 5.26 Å². The Morgan fingerprint density at radius 2 is 2.16 bits per heavy atom. The van der Waals surface area contributed by atoms with E-state index < -0.39 is 0 Å². The molecule has 19 heavy (non-hydrogen) atoms. The Morgan fingerprint density at radius 1 is 1.42 bits per heavy atom. The minimum Gasteiger partial charge on any atom is -0.299 e. The molecule has 1 aliphatic rings. The Bertz CT molecular complexity index is 521. The lowest BCUT2D eigenvalue weighted by Gasteiger charge is -2.36. The maximum absolute atomic E-state index is 9.25. The van der Waals surface area contributed by atoms with Crippen molar-refractivity contribution in [1.82, 2.24) is 9.88 Å². The summed E-state index contributed by atoms with van der Waals surface area (Å²) in [5, 5.41) is 18.1. The second-order valence-electron chi connectivity index (χ2n) is 4.75. The summed E-state index contributed by atoms with van der Waals surface area (Å²) in [5.41, 5.74) is 1.57. The van der Waals surface area contributed by atoms with E-state index in [0.717, 1.165) is 38.0 Å². The van der Waals surface area contributed by atoms with Gasteiger partial charge in [-0.25, -0.2) is 4.98 Å². The van der Waals surface area contributed by atoms with E-state index in [1.54, 1.807) is 18.0 Å². The molecule has 4 nitrogen and oxygen atoms in total. The summed E-state index contributed by atoms with van der Waals surface area (Å²) in [5.74, 6) is 0. The first-order valence-corrected chi connectivity index (χ1v) is 7.47. The Labute approximate surface area is 118 Å². The monoisotopic (exact) mass is 272 g/mol. The molecule has 0 radical (unpaired) electrons. The summed E-state index contributed by atoms with van der Waals surface area (Å²) in [6.45, 7) is 2.68.